The van der Waals surface area contributed by atoms with Gasteiger partial charge in [-0.3, -0.25) is 0 Å². The van der Waals surface area contributed by atoms with Crippen LogP contribution in [0.1, 0.15) is 10.4 Å². The Morgan fingerprint density at radius 3 is 2.35 bits per heavy atom. The number of rotatable bonds is 5. The van der Waals surface area contributed by atoms with Crippen LogP contribution >= 0.6 is 11.6 Å². The molecule has 0 saturated carbocycles. The summed E-state index contributed by atoms with van der Waals surface area (Å²) in [5.74, 6) is -0.151. The number of carbonyl (C=O) groups is 1. The zero-order valence-electron chi connectivity index (χ0n) is 14.4. The third-order valence-electron chi connectivity index (χ3n) is 3.95. The molecule has 2 aromatic carbocycles. The molecule has 0 fully saturated rings. The van der Waals surface area contributed by atoms with Crippen LogP contribution in [-0.2, 0) is 0 Å². The number of aromatic nitrogens is 1. The molecule has 0 atom stereocenters. The summed E-state index contributed by atoms with van der Waals surface area (Å²) in [6.45, 7) is 0. The molecule has 0 aliphatic carbocycles. The number of hydrogen-bond acceptors (Lipinski definition) is 5. The molecule has 7 heteroatoms. The van der Waals surface area contributed by atoms with Gasteiger partial charge in [0.25, 0.3) is 0 Å². The van der Waals surface area contributed by atoms with Crippen LogP contribution < -0.4 is 14.2 Å². The number of carboxylic acids is 1. The topological polar surface area (TPSA) is 77.9 Å². The number of aromatic carboxylic acids is 1. The molecule has 0 amide bonds. The van der Waals surface area contributed by atoms with Gasteiger partial charge in [-0.1, -0.05) is 23.7 Å². The molecule has 3 rings (SSSR count). The first-order valence-electron chi connectivity index (χ1n) is 7.63. The fourth-order valence-corrected chi connectivity index (χ4v) is 3.02. The predicted molar refractivity (Wildman–Crippen MR) is 98.8 cm³/mol. The summed E-state index contributed by atoms with van der Waals surface area (Å²) in [4.78, 5) is 16.5. The van der Waals surface area contributed by atoms with Crippen molar-refractivity contribution in [2.75, 3.05) is 21.3 Å². The van der Waals surface area contributed by atoms with E-state index in [1.54, 1.807) is 24.3 Å². The second-order valence-electron chi connectivity index (χ2n) is 5.41. The highest BCUT2D eigenvalue weighted by Crippen LogP contribution is 2.44. The zero-order valence-corrected chi connectivity index (χ0v) is 15.1. The van der Waals surface area contributed by atoms with Gasteiger partial charge >= 0.3 is 5.97 Å². The van der Waals surface area contributed by atoms with Crippen LogP contribution in [0.3, 0.4) is 0 Å². The quantitative estimate of drug-likeness (QED) is 0.719. The van der Waals surface area contributed by atoms with Crippen molar-refractivity contribution in [1.82, 2.24) is 4.98 Å². The highest BCUT2D eigenvalue weighted by Gasteiger charge is 2.23. The van der Waals surface area contributed by atoms with E-state index >= 15 is 0 Å². The summed E-state index contributed by atoms with van der Waals surface area (Å²) in [6, 6.07) is 10.2. The van der Waals surface area contributed by atoms with Crippen molar-refractivity contribution in [3.05, 3.63) is 47.0 Å². The Labute approximate surface area is 154 Å². The van der Waals surface area contributed by atoms with E-state index in [0.29, 0.717) is 38.7 Å². The number of ether oxygens (including phenoxy) is 3. The second-order valence-corrected chi connectivity index (χ2v) is 5.85. The van der Waals surface area contributed by atoms with E-state index in [1.165, 1.54) is 27.4 Å². The molecule has 0 radical (unpaired) electrons. The third-order valence-corrected chi connectivity index (χ3v) is 4.19. The van der Waals surface area contributed by atoms with Crippen LogP contribution in [0.15, 0.2) is 36.4 Å². The number of methoxy groups -OCH3 is 3. The van der Waals surface area contributed by atoms with Crippen molar-refractivity contribution < 1.29 is 24.1 Å². The van der Waals surface area contributed by atoms with Crippen LogP contribution in [0.4, 0.5) is 0 Å². The normalized spacial score (nSPS) is 10.6. The van der Waals surface area contributed by atoms with E-state index in [0.717, 1.165) is 0 Å². The van der Waals surface area contributed by atoms with E-state index in [2.05, 4.69) is 4.98 Å². The van der Waals surface area contributed by atoms with Gasteiger partial charge in [-0.2, -0.15) is 0 Å². The molecule has 3 aromatic rings. The minimum absolute atomic E-state index is 0.0442. The van der Waals surface area contributed by atoms with Gasteiger partial charge < -0.3 is 19.3 Å². The monoisotopic (exact) mass is 373 g/mol. The number of nitrogens with zero attached hydrogens (tertiary/aromatic N) is 1. The Morgan fingerprint density at radius 1 is 1.04 bits per heavy atom. The van der Waals surface area contributed by atoms with Gasteiger partial charge in [0, 0.05) is 16.7 Å². The first-order valence-corrected chi connectivity index (χ1v) is 8.01. The third kappa shape index (κ3) is 2.99. The fraction of sp³-hybridized carbons (Fsp3) is 0.158. The minimum Gasteiger partial charge on any atom is -0.493 e. The van der Waals surface area contributed by atoms with E-state index in [1.807, 2.05) is 6.07 Å². The summed E-state index contributed by atoms with van der Waals surface area (Å²) in [5, 5.41) is 10.6. The number of halogens is 1. The molecule has 0 aliphatic rings. The van der Waals surface area contributed by atoms with Gasteiger partial charge in [0.2, 0.25) is 5.75 Å². The number of pyridine rings is 1. The number of benzene rings is 2. The van der Waals surface area contributed by atoms with Crippen molar-refractivity contribution in [3.8, 4) is 28.5 Å². The SMILES string of the molecule is COc1cc2nc(-c3cccc(Cl)c3)cc(C(=O)O)c2c(OC)c1OC. The largest absolute Gasteiger partial charge is 0.493 e. The molecule has 0 spiro atoms. The average molecular weight is 374 g/mol. The molecule has 0 aliphatic heterocycles. The first-order chi connectivity index (χ1) is 12.5. The maximum atomic E-state index is 11.9. The van der Waals surface area contributed by atoms with Crippen molar-refractivity contribution >= 4 is 28.5 Å². The van der Waals surface area contributed by atoms with Crippen LogP contribution in [0.5, 0.6) is 17.2 Å². The Kier molecular flexibility index (Phi) is 4.86. The molecular formula is C19H16ClNO5. The molecule has 0 unspecified atom stereocenters. The maximum Gasteiger partial charge on any atom is 0.336 e. The molecule has 6 nitrogen and oxygen atoms in total. The zero-order chi connectivity index (χ0) is 18.8. The van der Waals surface area contributed by atoms with Gasteiger partial charge in [0.1, 0.15) is 0 Å². The Morgan fingerprint density at radius 2 is 1.77 bits per heavy atom. The van der Waals surface area contributed by atoms with Gasteiger partial charge in [0.05, 0.1) is 43.5 Å². The summed E-state index contributed by atoms with van der Waals surface area (Å²) >= 11 is 6.05. The van der Waals surface area contributed by atoms with E-state index < -0.39 is 5.97 Å². The smallest absolute Gasteiger partial charge is 0.336 e. The summed E-state index contributed by atoms with van der Waals surface area (Å²) in [7, 11) is 4.38. The van der Waals surface area contributed by atoms with Crippen LogP contribution in [0, 0.1) is 0 Å². The van der Waals surface area contributed by atoms with Gasteiger partial charge in [-0.25, -0.2) is 9.78 Å². The minimum atomic E-state index is -1.11. The molecular weight excluding hydrogens is 358 g/mol. The number of fused-ring (bicyclic) bond motifs is 1. The van der Waals surface area contributed by atoms with Gasteiger partial charge in [-0.15, -0.1) is 0 Å². The van der Waals surface area contributed by atoms with E-state index in [9.17, 15) is 9.90 Å². The fourth-order valence-electron chi connectivity index (χ4n) is 2.83. The molecule has 1 N–H and O–H groups in total. The van der Waals surface area contributed by atoms with Crippen LogP contribution in [0.2, 0.25) is 5.02 Å². The predicted octanol–water partition coefficient (Wildman–Crippen LogP) is 4.28. The summed E-state index contributed by atoms with van der Waals surface area (Å²) in [6.07, 6.45) is 0. The lowest BCUT2D eigenvalue weighted by molar-refractivity contribution is 0.0698. The molecule has 134 valence electrons. The highest BCUT2D eigenvalue weighted by molar-refractivity contribution is 6.30. The number of hydrogen-bond donors (Lipinski definition) is 1. The van der Waals surface area contributed by atoms with Crippen molar-refractivity contribution in [2.24, 2.45) is 0 Å². The highest BCUT2D eigenvalue weighted by atomic mass is 35.5. The van der Waals surface area contributed by atoms with Crippen molar-refractivity contribution in [3.63, 3.8) is 0 Å². The van der Waals surface area contributed by atoms with Gasteiger partial charge in [-0.05, 0) is 18.2 Å². The Balaban J connectivity index is 2.42. The lowest BCUT2D eigenvalue weighted by atomic mass is 10.0. The Bertz CT molecular complexity index is 1000. The standard InChI is InChI=1S/C19H16ClNO5/c1-24-15-9-14-16(18(26-3)17(15)25-2)12(19(22)23)8-13(21-14)10-5-4-6-11(20)7-10/h4-9H,1-3H3,(H,22,23). The van der Waals surface area contributed by atoms with Crippen LogP contribution in [-0.4, -0.2) is 37.4 Å². The lowest BCUT2D eigenvalue weighted by Crippen LogP contribution is -2.04. The summed E-state index contributed by atoms with van der Waals surface area (Å²) < 4.78 is 16.1. The lowest BCUT2D eigenvalue weighted by Gasteiger charge is -2.16. The van der Waals surface area contributed by atoms with Crippen molar-refractivity contribution in [2.45, 2.75) is 0 Å². The molecule has 1 heterocycles. The first kappa shape index (κ1) is 17.8. The second kappa shape index (κ2) is 7.09. The summed E-state index contributed by atoms with van der Waals surface area (Å²) in [5.41, 5.74) is 1.64. The molecule has 1 aromatic heterocycles. The van der Waals surface area contributed by atoms with E-state index in [-0.39, 0.29) is 11.3 Å². The molecule has 0 saturated heterocycles. The van der Waals surface area contributed by atoms with Gasteiger partial charge in [0.15, 0.2) is 11.5 Å². The molecule has 26 heavy (non-hydrogen) atoms. The van der Waals surface area contributed by atoms with Crippen molar-refractivity contribution in [1.29, 1.82) is 0 Å². The van der Waals surface area contributed by atoms with E-state index in [4.69, 9.17) is 25.8 Å². The Hall–Kier alpha value is -2.99. The number of carboxylic acid groups (broad SMARTS) is 1. The van der Waals surface area contributed by atoms with Crippen LogP contribution in [0.25, 0.3) is 22.2 Å². The average Bonchev–Trinajstić information content (AvgIpc) is 2.65. The maximum absolute atomic E-state index is 11.9. The molecule has 0 bridgehead atoms.